The summed E-state index contributed by atoms with van der Waals surface area (Å²) >= 11 is 1.26. The van der Waals surface area contributed by atoms with Gasteiger partial charge in [0.25, 0.3) is 5.91 Å². The zero-order valence-electron chi connectivity index (χ0n) is 14.1. The summed E-state index contributed by atoms with van der Waals surface area (Å²) in [5, 5.41) is 15.3. The van der Waals surface area contributed by atoms with Crippen LogP contribution in [0.4, 0.5) is 18.2 Å². The number of hydrogen-bond donors (Lipinski definition) is 3. The smallest absolute Gasteiger partial charge is 0.392 e. The van der Waals surface area contributed by atoms with Crippen molar-refractivity contribution < 1.29 is 27.9 Å². The average Bonchev–Trinajstić information content (AvgIpc) is 3.14. The Bertz CT molecular complexity index is 888. The van der Waals surface area contributed by atoms with Crippen LogP contribution in [0.3, 0.4) is 0 Å². The number of hydrogen-bond acceptors (Lipinski definition) is 5. The second kappa shape index (κ2) is 7.31. The highest BCUT2D eigenvalue weighted by Gasteiger charge is 2.37. The molecule has 3 rings (SSSR count). The fourth-order valence-electron chi connectivity index (χ4n) is 3.13. The second-order valence-electron chi connectivity index (χ2n) is 6.18. The van der Waals surface area contributed by atoms with Crippen LogP contribution >= 0.6 is 11.3 Å². The first-order valence-corrected chi connectivity index (χ1v) is 9.01. The minimum absolute atomic E-state index is 0.274. The molecule has 11 heteroatoms. The number of rotatable bonds is 5. The summed E-state index contributed by atoms with van der Waals surface area (Å²) < 4.78 is 39.4. The molecule has 2 aromatic rings. The molecule has 0 bridgehead atoms. The first-order chi connectivity index (χ1) is 12.7. The lowest BCUT2D eigenvalue weighted by Gasteiger charge is -2.11. The molecule has 0 saturated heterocycles. The molecule has 0 fully saturated rings. The van der Waals surface area contributed by atoms with Crippen molar-refractivity contribution in [1.29, 1.82) is 0 Å². The maximum absolute atomic E-state index is 12.9. The van der Waals surface area contributed by atoms with Crippen molar-refractivity contribution >= 4 is 28.2 Å². The lowest BCUT2D eigenvalue weighted by atomic mass is 9.95. The number of nitrogens with one attached hydrogen (secondary N) is 1. The molecule has 0 spiro atoms. The quantitative estimate of drug-likeness (QED) is 0.711. The van der Waals surface area contributed by atoms with Crippen molar-refractivity contribution in [3.05, 3.63) is 33.5 Å². The van der Waals surface area contributed by atoms with Crippen LogP contribution in [0, 0.1) is 0 Å². The Kier molecular flexibility index (Phi) is 5.24. The Morgan fingerprint density at radius 2 is 2.04 bits per heavy atom. The number of carbonyl (C=O) groups excluding carboxylic acids is 2. The molecule has 7 nitrogen and oxygen atoms in total. The minimum atomic E-state index is -4.73. The van der Waals surface area contributed by atoms with Crippen LogP contribution in [0.5, 0.6) is 0 Å². The number of halogens is 3. The lowest BCUT2D eigenvalue weighted by molar-refractivity contribution is -0.142. The molecule has 2 aromatic heterocycles. The van der Waals surface area contributed by atoms with Gasteiger partial charge >= 0.3 is 6.18 Å². The molecular weight excluding hydrogens is 385 g/mol. The Labute approximate surface area is 156 Å². The number of aliphatic hydroxyl groups is 1. The maximum atomic E-state index is 12.9. The van der Waals surface area contributed by atoms with E-state index in [0.717, 1.165) is 40.6 Å². The van der Waals surface area contributed by atoms with Crippen LogP contribution in [0.1, 0.15) is 44.9 Å². The number of nitrogens with zero attached hydrogens (tertiary/aromatic N) is 2. The van der Waals surface area contributed by atoms with E-state index >= 15 is 0 Å². The third kappa shape index (κ3) is 3.98. The molecule has 2 heterocycles. The number of alkyl halides is 3. The van der Waals surface area contributed by atoms with Gasteiger partial charge in [-0.15, -0.1) is 11.3 Å². The van der Waals surface area contributed by atoms with Gasteiger partial charge in [-0.1, -0.05) is 0 Å². The number of fused-ring (bicyclic) bond motifs is 1. The van der Waals surface area contributed by atoms with Gasteiger partial charge in [0.05, 0.1) is 12.2 Å². The number of anilines is 1. The molecule has 0 atom stereocenters. The first kappa shape index (κ1) is 19.4. The molecule has 2 amide bonds. The van der Waals surface area contributed by atoms with Gasteiger partial charge in [-0.25, -0.2) is 0 Å². The summed E-state index contributed by atoms with van der Waals surface area (Å²) in [5.41, 5.74) is 4.91. The highest BCUT2D eigenvalue weighted by Crippen LogP contribution is 2.38. The predicted octanol–water partition coefficient (Wildman–Crippen LogP) is 2.07. The first-order valence-electron chi connectivity index (χ1n) is 8.19. The Balaban J connectivity index is 1.80. The van der Waals surface area contributed by atoms with Crippen LogP contribution in [-0.4, -0.2) is 26.7 Å². The largest absolute Gasteiger partial charge is 0.435 e. The van der Waals surface area contributed by atoms with Crippen LogP contribution in [0.25, 0.3) is 0 Å². The fraction of sp³-hybridized carbons (Fsp3) is 0.438. The Morgan fingerprint density at radius 1 is 1.33 bits per heavy atom. The summed E-state index contributed by atoms with van der Waals surface area (Å²) in [4.78, 5) is 25.1. The van der Waals surface area contributed by atoms with E-state index in [1.807, 2.05) is 0 Å². The molecule has 146 valence electrons. The number of aryl methyl sites for hydroxylation is 1. The fourth-order valence-corrected chi connectivity index (χ4v) is 4.44. The van der Waals surface area contributed by atoms with E-state index in [1.165, 1.54) is 11.3 Å². The molecule has 0 aromatic carbocycles. The van der Waals surface area contributed by atoms with E-state index in [1.54, 1.807) is 0 Å². The van der Waals surface area contributed by atoms with Crippen molar-refractivity contribution in [2.45, 2.75) is 45.0 Å². The van der Waals surface area contributed by atoms with E-state index < -0.39 is 42.4 Å². The van der Waals surface area contributed by atoms with E-state index in [9.17, 15) is 22.8 Å². The van der Waals surface area contributed by atoms with Gasteiger partial charge in [-0.05, 0) is 31.2 Å². The van der Waals surface area contributed by atoms with Gasteiger partial charge in [-0.3, -0.25) is 14.3 Å². The number of primary amides is 1. The summed E-state index contributed by atoms with van der Waals surface area (Å²) in [6.07, 6.45) is -0.355. The molecule has 27 heavy (non-hydrogen) atoms. The summed E-state index contributed by atoms with van der Waals surface area (Å²) in [6.45, 7) is -1.34. The van der Waals surface area contributed by atoms with Gasteiger partial charge < -0.3 is 16.2 Å². The van der Waals surface area contributed by atoms with Crippen LogP contribution in [0.2, 0.25) is 0 Å². The van der Waals surface area contributed by atoms with Gasteiger partial charge in [0.15, 0.2) is 5.69 Å². The number of thiophene rings is 1. The van der Waals surface area contributed by atoms with Gasteiger partial charge in [-0.2, -0.15) is 18.3 Å². The number of aliphatic hydroxyl groups excluding tert-OH is 1. The molecule has 1 aliphatic rings. The van der Waals surface area contributed by atoms with E-state index in [4.69, 9.17) is 10.8 Å². The number of carbonyl (C=O) groups is 2. The highest BCUT2D eigenvalue weighted by molar-refractivity contribution is 7.17. The monoisotopic (exact) mass is 402 g/mol. The number of aromatic nitrogens is 2. The van der Waals surface area contributed by atoms with E-state index in [0.29, 0.717) is 11.4 Å². The average molecular weight is 402 g/mol. The van der Waals surface area contributed by atoms with Crippen molar-refractivity contribution in [2.24, 2.45) is 5.73 Å². The summed E-state index contributed by atoms with van der Waals surface area (Å²) in [6, 6.07) is 0. The van der Waals surface area contributed by atoms with Crippen molar-refractivity contribution in [1.82, 2.24) is 9.78 Å². The number of nitrogens with two attached hydrogens (primary N) is 1. The van der Waals surface area contributed by atoms with E-state index in [-0.39, 0.29) is 5.56 Å². The van der Waals surface area contributed by atoms with Crippen LogP contribution in [0.15, 0.2) is 6.20 Å². The zero-order valence-corrected chi connectivity index (χ0v) is 14.9. The SMILES string of the molecule is NC(=O)c1c(NC(=O)Cn2cc(CO)c(C(F)(F)F)n2)sc2c1CCCC2. The molecule has 4 N–H and O–H groups in total. The van der Waals surface area contributed by atoms with Crippen molar-refractivity contribution in [3.63, 3.8) is 0 Å². The van der Waals surface area contributed by atoms with Gasteiger partial charge in [0.2, 0.25) is 5.91 Å². The summed E-state index contributed by atoms with van der Waals surface area (Å²) in [7, 11) is 0. The normalized spacial score (nSPS) is 14.1. The highest BCUT2D eigenvalue weighted by atomic mass is 32.1. The second-order valence-corrected chi connectivity index (χ2v) is 7.29. The van der Waals surface area contributed by atoms with Crippen LogP contribution in [-0.2, 0) is 37.0 Å². The summed E-state index contributed by atoms with van der Waals surface area (Å²) in [5.74, 6) is -1.29. The molecule has 0 radical (unpaired) electrons. The topological polar surface area (TPSA) is 110 Å². The maximum Gasteiger partial charge on any atom is 0.435 e. The van der Waals surface area contributed by atoms with Crippen LogP contribution < -0.4 is 11.1 Å². The lowest BCUT2D eigenvalue weighted by Crippen LogP contribution is -2.22. The molecule has 1 aliphatic carbocycles. The van der Waals surface area contributed by atoms with Crippen molar-refractivity contribution in [2.75, 3.05) is 5.32 Å². The number of amides is 2. The zero-order chi connectivity index (χ0) is 19.8. The molecular formula is C16H17F3N4O3S. The Hall–Kier alpha value is -2.40. The minimum Gasteiger partial charge on any atom is -0.392 e. The molecule has 0 saturated carbocycles. The van der Waals surface area contributed by atoms with Gasteiger partial charge in [0.1, 0.15) is 11.5 Å². The third-order valence-electron chi connectivity index (χ3n) is 4.25. The third-order valence-corrected chi connectivity index (χ3v) is 5.46. The van der Waals surface area contributed by atoms with Gasteiger partial charge in [0, 0.05) is 16.6 Å². The predicted molar refractivity (Wildman–Crippen MR) is 91.3 cm³/mol. The standard InChI is InChI=1S/C16H17F3N4O3S/c17-16(18,19)13-8(7-24)5-23(22-13)6-11(25)21-15-12(14(20)26)9-3-1-2-4-10(9)27-15/h5,24H,1-4,6-7H2,(H2,20,26)(H,21,25). The van der Waals surface area contributed by atoms with E-state index in [2.05, 4.69) is 10.4 Å². The Morgan fingerprint density at radius 3 is 2.63 bits per heavy atom. The molecule has 0 aliphatic heterocycles. The van der Waals surface area contributed by atoms with Crippen molar-refractivity contribution in [3.8, 4) is 0 Å². The molecule has 0 unspecified atom stereocenters.